The molecule has 3 nitrogen and oxygen atoms in total. The van der Waals surface area contributed by atoms with Crippen LogP contribution in [-0.4, -0.2) is 13.7 Å². The summed E-state index contributed by atoms with van der Waals surface area (Å²) >= 11 is 0. The van der Waals surface area contributed by atoms with Gasteiger partial charge < -0.3 is 15.2 Å². The molecular formula is C15H25NO2. The van der Waals surface area contributed by atoms with Gasteiger partial charge in [0.15, 0.2) is 0 Å². The molecule has 18 heavy (non-hydrogen) atoms. The van der Waals surface area contributed by atoms with Crippen LogP contribution in [0.15, 0.2) is 18.2 Å². The van der Waals surface area contributed by atoms with Gasteiger partial charge in [-0.3, -0.25) is 0 Å². The molecule has 0 aliphatic rings. The van der Waals surface area contributed by atoms with E-state index in [0.29, 0.717) is 6.61 Å². The quantitative estimate of drug-likeness (QED) is 0.870. The molecule has 0 aromatic heterocycles. The summed E-state index contributed by atoms with van der Waals surface area (Å²) in [6.07, 6.45) is 1.00. The van der Waals surface area contributed by atoms with Crippen molar-refractivity contribution in [1.82, 2.24) is 0 Å². The van der Waals surface area contributed by atoms with E-state index in [1.807, 2.05) is 25.1 Å². The van der Waals surface area contributed by atoms with Crippen LogP contribution in [-0.2, 0) is 0 Å². The normalized spacial score (nSPS) is 13.2. The van der Waals surface area contributed by atoms with Gasteiger partial charge in [-0.2, -0.15) is 0 Å². The number of hydrogen-bond donors (Lipinski definition) is 1. The van der Waals surface area contributed by atoms with E-state index in [2.05, 4.69) is 20.8 Å². The Morgan fingerprint density at radius 2 is 1.83 bits per heavy atom. The number of benzene rings is 1. The average molecular weight is 251 g/mol. The van der Waals surface area contributed by atoms with Gasteiger partial charge >= 0.3 is 0 Å². The highest BCUT2D eigenvalue weighted by Crippen LogP contribution is 2.33. The van der Waals surface area contributed by atoms with Crippen molar-refractivity contribution in [3.8, 4) is 11.5 Å². The third-order valence-corrected chi connectivity index (χ3v) is 2.81. The molecule has 0 fully saturated rings. The fraction of sp³-hybridized carbons (Fsp3) is 0.600. The molecule has 0 spiro atoms. The van der Waals surface area contributed by atoms with Gasteiger partial charge in [0, 0.05) is 6.04 Å². The van der Waals surface area contributed by atoms with Crippen molar-refractivity contribution in [2.45, 2.75) is 40.2 Å². The maximum absolute atomic E-state index is 5.99. The maximum atomic E-state index is 5.99. The van der Waals surface area contributed by atoms with Crippen LogP contribution in [0.25, 0.3) is 0 Å². The number of rotatable bonds is 5. The molecule has 1 atom stereocenters. The second-order valence-electron chi connectivity index (χ2n) is 5.82. The molecule has 0 radical (unpaired) electrons. The van der Waals surface area contributed by atoms with E-state index >= 15 is 0 Å². The lowest BCUT2D eigenvalue weighted by atomic mass is 9.93. The molecule has 1 rings (SSSR count). The van der Waals surface area contributed by atoms with Crippen molar-refractivity contribution in [1.29, 1.82) is 0 Å². The first-order valence-corrected chi connectivity index (χ1v) is 6.40. The van der Waals surface area contributed by atoms with Crippen molar-refractivity contribution < 1.29 is 9.47 Å². The highest BCUT2D eigenvalue weighted by atomic mass is 16.5. The van der Waals surface area contributed by atoms with E-state index in [0.717, 1.165) is 23.5 Å². The van der Waals surface area contributed by atoms with Gasteiger partial charge in [0.25, 0.3) is 0 Å². The summed E-state index contributed by atoms with van der Waals surface area (Å²) in [5.41, 5.74) is 7.20. The Hall–Kier alpha value is -1.22. The first-order valence-electron chi connectivity index (χ1n) is 6.40. The molecule has 0 aliphatic heterocycles. The Morgan fingerprint density at radius 1 is 1.22 bits per heavy atom. The average Bonchev–Trinajstić information content (AvgIpc) is 2.26. The summed E-state index contributed by atoms with van der Waals surface area (Å²) in [5.74, 6) is 1.62. The molecule has 2 N–H and O–H groups in total. The smallest absolute Gasteiger partial charge is 0.127 e. The van der Waals surface area contributed by atoms with E-state index in [4.69, 9.17) is 15.2 Å². The van der Waals surface area contributed by atoms with Crippen LogP contribution in [0.3, 0.4) is 0 Å². The fourth-order valence-corrected chi connectivity index (χ4v) is 1.74. The molecule has 1 aromatic rings. The van der Waals surface area contributed by atoms with Crippen LogP contribution in [0.4, 0.5) is 0 Å². The lowest BCUT2D eigenvalue weighted by molar-refractivity contribution is 0.239. The Balaban J connectivity index is 2.82. The summed E-state index contributed by atoms with van der Waals surface area (Å²) in [5, 5.41) is 0. The molecule has 0 amide bonds. The lowest BCUT2D eigenvalue weighted by Gasteiger charge is -2.21. The van der Waals surface area contributed by atoms with E-state index in [1.165, 1.54) is 0 Å². The molecule has 102 valence electrons. The van der Waals surface area contributed by atoms with Gasteiger partial charge in [0.2, 0.25) is 0 Å². The standard InChI is InChI=1S/C15H25NO2/c1-11(16)14-12(17-5)7-6-8-13(14)18-10-9-15(2,3)4/h6-8,11H,9-10,16H2,1-5H3. The van der Waals surface area contributed by atoms with Crippen LogP contribution < -0.4 is 15.2 Å². The SMILES string of the molecule is COc1cccc(OCCC(C)(C)C)c1C(C)N. The molecule has 0 saturated heterocycles. The maximum Gasteiger partial charge on any atom is 0.127 e. The third-order valence-electron chi connectivity index (χ3n) is 2.81. The first-order chi connectivity index (χ1) is 8.35. The minimum absolute atomic E-state index is 0.106. The molecule has 0 saturated carbocycles. The molecule has 1 unspecified atom stereocenters. The second kappa shape index (κ2) is 6.10. The summed E-state index contributed by atoms with van der Waals surface area (Å²) in [7, 11) is 1.65. The van der Waals surface area contributed by atoms with Crippen molar-refractivity contribution in [3.63, 3.8) is 0 Å². The molecule has 0 heterocycles. The van der Waals surface area contributed by atoms with Crippen molar-refractivity contribution >= 4 is 0 Å². The van der Waals surface area contributed by atoms with Crippen LogP contribution in [0.5, 0.6) is 11.5 Å². The predicted octanol–water partition coefficient (Wildman–Crippen LogP) is 3.53. The monoisotopic (exact) mass is 251 g/mol. The Bertz CT molecular complexity index is 381. The Labute approximate surface area is 110 Å². The number of nitrogens with two attached hydrogens (primary N) is 1. The fourth-order valence-electron chi connectivity index (χ4n) is 1.74. The van der Waals surface area contributed by atoms with Crippen molar-refractivity contribution in [2.75, 3.05) is 13.7 Å². The minimum atomic E-state index is -0.106. The van der Waals surface area contributed by atoms with Crippen molar-refractivity contribution in [2.24, 2.45) is 11.1 Å². The predicted molar refractivity (Wildman–Crippen MR) is 75.2 cm³/mol. The Morgan fingerprint density at radius 3 is 2.33 bits per heavy atom. The summed E-state index contributed by atoms with van der Waals surface area (Å²) in [6.45, 7) is 9.24. The number of hydrogen-bond acceptors (Lipinski definition) is 3. The van der Waals surface area contributed by atoms with Gasteiger partial charge in [-0.25, -0.2) is 0 Å². The highest BCUT2D eigenvalue weighted by molar-refractivity contribution is 5.46. The van der Waals surface area contributed by atoms with E-state index in [9.17, 15) is 0 Å². The summed E-state index contributed by atoms with van der Waals surface area (Å²) < 4.78 is 11.2. The highest BCUT2D eigenvalue weighted by Gasteiger charge is 2.15. The van der Waals surface area contributed by atoms with Gasteiger partial charge in [0.1, 0.15) is 11.5 Å². The topological polar surface area (TPSA) is 44.5 Å². The summed E-state index contributed by atoms with van der Waals surface area (Å²) in [4.78, 5) is 0. The largest absolute Gasteiger partial charge is 0.496 e. The van der Waals surface area contributed by atoms with Gasteiger partial charge in [-0.05, 0) is 30.9 Å². The molecule has 3 heteroatoms. The zero-order chi connectivity index (χ0) is 13.8. The van der Waals surface area contributed by atoms with Gasteiger partial charge in [0.05, 0.1) is 19.3 Å². The van der Waals surface area contributed by atoms with Crippen LogP contribution in [0.1, 0.15) is 45.7 Å². The molecular weight excluding hydrogens is 226 g/mol. The van der Waals surface area contributed by atoms with Crippen LogP contribution in [0.2, 0.25) is 0 Å². The van der Waals surface area contributed by atoms with Crippen molar-refractivity contribution in [3.05, 3.63) is 23.8 Å². The van der Waals surface area contributed by atoms with E-state index in [-0.39, 0.29) is 11.5 Å². The van der Waals surface area contributed by atoms with Gasteiger partial charge in [-0.15, -0.1) is 0 Å². The van der Waals surface area contributed by atoms with Crippen LogP contribution >= 0.6 is 0 Å². The lowest BCUT2D eigenvalue weighted by Crippen LogP contribution is -2.14. The zero-order valence-electron chi connectivity index (χ0n) is 12.1. The first kappa shape index (κ1) is 14.8. The zero-order valence-corrected chi connectivity index (χ0v) is 12.1. The molecule has 0 bridgehead atoms. The van der Waals surface area contributed by atoms with Crippen LogP contribution in [0, 0.1) is 5.41 Å². The second-order valence-corrected chi connectivity index (χ2v) is 5.82. The van der Waals surface area contributed by atoms with E-state index < -0.39 is 0 Å². The van der Waals surface area contributed by atoms with E-state index in [1.54, 1.807) is 7.11 Å². The summed E-state index contributed by atoms with van der Waals surface area (Å²) in [6, 6.07) is 5.68. The Kier molecular flexibility index (Phi) is 5.03. The van der Waals surface area contributed by atoms with Gasteiger partial charge in [-0.1, -0.05) is 26.8 Å². The third kappa shape index (κ3) is 4.22. The minimum Gasteiger partial charge on any atom is -0.496 e. The number of methoxy groups -OCH3 is 1. The number of ether oxygens (including phenoxy) is 2. The molecule has 1 aromatic carbocycles. The molecule has 0 aliphatic carbocycles.